The van der Waals surface area contributed by atoms with E-state index >= 15 is 0 Å². The topological polar surface area (TPSA) is 36.9 Å². The molecule has 0 fully saturated rings. The van der Waals surface area contributed by atoms with Crippen LogP contribution in [0, 0.1) is 0 Å². The van der Waals surface area contributed by atoms with Gasteiger partial charge in [-0.25, -0.2) is 0 Å². The van der Waals surface area contributed by atoms with Crippen LogP contribution in [0.4, 0.5) is 0 Å². The summed E-state index contributed by atoms with van der Waals surface area (Å²) >= 11 is 0. The van der Waals surface area contributed by atoms with E-state index in [1.54, 1.807) is 0 Å². The van der Waals surface area contributed by atoms with E-state index in [0.29, 0.717) is 0 Å². The second-order valence-electron chi connectivity index (χ2n) is 9.49. The summed E-state index contributed by atoms with van der Waals surface area (Å²) in [6.07, 6.45) is 1.11. The third-order valence-electron chi connectivity index (χ3n) is 6.07. The molecule has 0 heterocycles. The second-order valence-corrected chi connectivity index (χ2v) is 14.5. The molecule has 0 amide bonds. The van der Waals surface area contributed by atoms with Gasteiger partial charge in [0.2, 0.25) is 10.8 Å². The lowest BCUT2D eigenvalue weighted by Crippen LogP contribution is -2.46. The first-order valence-corrected chi connectivity index (χ1v) is 16.4. The Morgan fingerprint density at radius 1 is 0.432 bits per heavy atom. The van der Waals surface area contributed by atoms with Crippen LogP contribution in [-0.4, -0.2) is 29.9 Å². The van der Waals surface area contributed by atoms with Crippen LogP contribution >= 0.6 is 0 Å². The van der Waals surface area contributed by atoms with Crippen molar-refractivity contribution in [3.05, 3.63) is 121 Å². The fourth-order valence-electron chi connectivity index (χ4n) is 4.27. The zero-order valence-corrected chi connectivity index (χ0v) is 24.5. The van der Waals surface area contributed by atoms with Gasteiger partial charge < -0.3 is 18.9 Å². The molecule has 0 unspecified atom stereocenters. The van der Waals surface area contributed by atoms with E-state index in [0.717, 1.165) is 41.5 Å². The number of hydrogen-bond donors (Lipinski definition) is 0. The van der Waals surface area contributed by atoms with Gasteiger partial charge in [0.05, 0.1) is 0 Å². The van der Waals surface area contributed by atoms with Gasteiger partial charge in [0, 0.05) is 13.8 Å². The highest BCUT2D eigenvalue weighted by Gasteiger charge is 2.31. The molecule has 37 heavy (non-hydrogen) atoms. The van der Waals surface area contributed by atoms with Crippen LogP contribution in [0.15, 0.2) is 121 Å². The molecule has 0 spiro atoms. The predicted molar refractivity (Wildman–Crippen MR) is 156 cm³/mol. The summed E-state index contributed by atoms with van der Waals surface area (Å²) in [7, 11) is -1.48. The Morgan fingerprint density at radius 3 is 0.919 bits per heavy atom. The molecule has 4 aromatic rings. The van der Waals surface area contributed by atoms with Crippen molar-refractivity contribution in [2.24, 2.45) is 0 Å². The molecule has 0 N–H and O–H groups in total. The van der Waals surface area contributed by atoms with Crippen LogP contribution in [0.5, 0.6) is 23.0 Å². The lowest BCUT2D eigenvalue weighted by Gasteiger charge is -2.33. The predicted octanol–water partition coefficient (Wildman–Crippen LogP) is 6.21. The summed E-state index contributed by atoms with van der Waals surface area (Å²) in [5.41, 5.74) is -1.26. The second kappa shape index (κ2) is 13.2. The fraction of sp³-hybridized carbons (Fsp3) is 0.226. The van der Waals surface area contributed by atoms with Gasteiger partial charge in [-0.1, -0.05) is 91.3 Å². The van der Waals surface area contributed by atoms with Gasteiger partial charge in [-0.05, 0) is 48.5 Å². The van der Waals surface area contributed by atoms with Gasteiger partial charge in [-0.15, -0.1) is 0 Å². The van der Waals surface area contributed by atoms with Crippen molar-refractivity contribution in [1.82, 2.24) is 0 Å². The molecule has 0 aliphatic heterocycles. The lowest BCUT2D eigenvalue weighted by atomic mass is 10.3. The first-order valence-electron chi connectivity index (χ1n) is 13.0. The Morgan fingerprint density at radius 2 is 0.676 bits per heavy atom. The standard InChI is InChI=1S/C31H36O4Si2/c1-30(32-26-16-7-3-8-17-26,33-27-18-9-4-10-19-27)36-24-15-25-37-31(2,34-28-20-11-5-12-21-28)35-29-22-13-6-14-23-29/h3-14,16-23H,15,24-25,36-37H2,1-2H3. The van der Waals surface area contributed by atoms with Crippen LogP contribution in [0.2, 0.25) is 12.1 Å². The zero-order chi connectivity index (χ0) is 25.8. The van der Waals surface area contributed by atoms with Crippen LogP contribution in [-0.2, 0) is 0 Å². The Hall–Kier alpha value is -3.49. The highest BCUT2D eigenvalue weighted by Crippen LogP contribution is 2.26. The molecule has 4 rings (SSSR count). The van der Waals surface area contributed by atoms with Gasteiger partial charge >= 0.3 is 0 Å². The quantitative estimate of drug-likeness (QED) is 0.111. The molecular formula is C31H36O4Si2. The van der Waals surface area contributed by atoms with Crippen molar-refractivity contribution in [3.63, 3.8) is 0 Å². The van der Waals surface area contributed by atoms with Crippen molar-refractivity contribution in [2.75, 3.05) is 0 Å². The maximum atomic E-state index is 6.41. The summed E-state index contributed by atoms with van der Waals surface area (Å²) < 4.78 is 25.7. The van der Waals surface area contributed by atoms with E-state index < -0.39 is 29.9 Å². The molecule has 0 aromatic heterocycles. The van der Waals surface area contributed by atoms with Crippen LogP contribution in [0.3, 0.4) is 0 Å². The Balaban J connectivity index is 1.36. The number of para-hydroxylation sites is 4. The van der Waals surface area contributed by atoms with E-state index in [1.165, 1.54) is 0 Å². The molecule has 192 valence electrons. The van der Waals surface area contributed by atoms with Gasteiger partial charge in [-0.3, -0.25) is 0 Å². The molecule has 0 radical (unpaired) electrons. The van der Waals surface area contributed by atoms with Crippen molar-refractivity contribution < 1.29 is 18.9 Å². The average molecular weight is 529 g/mol. The molecule has 0 saturated heterocycles. The molecule has 4 nitrogen and oxygen atoms in total. The minimum Gasteiger partial charge on any atom is -0.458 e. The molecule has 0 aliphatic rings. The fourth-order valence-corrected chi connectivity index (χ4v) is 8.54. The van der Waals surface area contributed by atoms with E-state index in [4.69, 9.17) is 18.9 Å². The normalized spacial score (nSPS) is 12.2. The van der Waals surface area contributed by atoms with Gasteiger partial charge in [-0.2, -0.15) is 0 Å². The average Bonchev–Trinajstić information content (AvgIpc) is 2.90. The number of hydrogen-bond acceptors (Lipinski definition) is 4. The van der Waals surface area contributed by atoms with Crippen LogP contribution in [0.1, 0.15) is 20.3 Å². The SMILES string of the molecule is CC(Oc1ccccc1)(Oc1ccccc1)[SiH2]CCC[SiH2]C(C)(Oc1ccccc1)Oc1ccccc1. The van der Waals surface area contributed by atoms with E-state index in [9.17, 15) is 0 Å². The van der Waals surface area contributed by atoms with Gasteiger partial charge in [0.25, 0.3) is 0 Å². The molecular weight excluding hydrogens is 493 g/mol. The van der Waals surface area contributed by atoms with Crippen LogP contribution in [0.25, 0.3) is 0 Å². The maximum absolute atomic E-state index is 6.41. The summed E-state index contributed by atoms with van der Waals surface area (Å²) in [6.45, 7) is 4.16. The Labute approximate surface area is 225 Å². The summed E-state index contributed by atoms with van der Waals surface area (Å²) in [4.78, 5) is 0. The minimum atomic E-state index is -0.741. The van der Waals surface area contributed by atoms with Crippen molar-refractivity contribution in [3.8, 4) is 23.0 Å². The lowest BCUT2D eigenvalue weighted by molar-refractivity contribution is -0.0257. The van der Waals surface area contributed by atoms with Gasteiger partial charge in [0.15, 0.2) is 0 Å². The first kappa shape index (κ1) is 26.6. The van der Waals surface area contributed by atoms with Crippen molar-refractivity contribution >= 4 is 19.0 Å². The molecule has 0 bridgehead atoms. The third-order valence-corrected chi connectivity index (χ3v) is 10.2. The summed E-state index contributed by atoms with van der Waals surface area (Å²) in [5.74, 6) is 3.34. The number of ether oxygens (including phenoxy) is 4. The summed E-state index contributed by atoms with van der Waals surface area (Å²) in [6, 6.07) is 42.0. The molecule has 6 heteroatoms. The van der Waals surface area contributed by atoms with Crippen molar-refractivity contribution in [2.45, 2.75) is 43.2 Å². The van der Waals surface area contributed by atoms with Crippen molar-refractivity contribution in [1.29, 1.82) is 0 Å². The molecule has 0 saturated carbocycles. The smallest absolute Gasteiger partial charge is 0.219 e. The molecule has 0 atom stereocenters. The first-order chi connectivity index (χ1) is 18.0. The highest BCUT2D eigenvalue weighted by molar-refractivity contribution is 6.41. The summed E-state index contributed by atoms with van der Waals surface area (Å²) in [5, 5.41) is 0. The van der Waals surface area contributed by atoms with E-state index in [-0.39, 0.29) is 0 Å². The largest absolute Gasteiger partial charge is 0.458 e. The minimum absolute atomic E-state index is 0.630. The molecule has 0 aliphatic carbocycles. The van der Waals surface area contributed by atoms with E-state index in [1.807, 2.05) is 121 Å². The third kappa shape index (κ3) is 8.84. The van der Waals surface area contributed by atoms with Crippen LogP contribution < -0.4 is 18.9 Å². The highest BCUT2D eigenvalue weighted by atomic mass is 28.2. The zero-order valence-electron chi connectivity index (χ0n) is 21.7. The number of rotatable bonds is 14. The molecule has 4 aromatic carbocycles. The Bertz CT molecular complexity index is 997. The maximum Gasteiger partial charge on any atom is 0.219 e. The number of benzene rings is 4. The Kier molecular flexibility index (Phi) is 9.46. The van der Waals surface area contributed by atoms with E-state index in [2.05, 4.69) is 13.8 Å². The van der Waals surface area contributed by atoms with Gasteiger partial charge in [0.1, 0.15) is 42.0 Å². The monoisotopic (exact) mass is 528 g/mol.